The molecule has 2 aromatic rings. The van der Waals surface area contributed by atoms with Crippen molar-refractivity contribution in [2.24, 2.45) is 0 Å². The quantitative estimate of drug-likeness (QED) is 0.768. The number of piperidine rings is 1. The van der Waals surface area contributed by atoms with Crippen LogP contribution in [0, 0.1) is 0 Å². The van der Waals surface area contributed by atoms with E-state index in [1.165, 1.54) is 16.6 Å². The summed E-state index contributed by atoms with van der Waals surface area (Å²) < 4.78 is 65.3. The van der Waals surface area contributed by atoms with Crippen LogP contribution in [0.1, 0.15) is 31.2 Å². The predicted octanol–water partition coefficient (Wildman–Crippen LogP) is 3.65. The summed E-state index contributed by atoms with van der Waals surface area (Å²) in [6.07, 6.45) is -0.0158. The highest BCUT2D eigenvalue weighted by Crippen LogP contribution is 2.36. The van der Waals surface area contributed by atoms with E-state index in [0.717, 1.165) is 30.7 Å². The lowest BCUT2D eigenvalue weighted by Crippen LogP contribution is -2.46. The monoisotopic (exact) mass is 413 g/mol. The summed E-state index contributed by atoms with van der Waals surface area (Å²) >= 11 is 0. The fourth-order valence-electron chi connectivity index (χ4n) is 3.86. The van der Waals surface area contributed by atoms with Crippen LogP contribution in [-0.4, -0.2) is 49.1 Å². The third-order valence-electron chi connectivity index (χ3n) is 5.71. The lowest BCUT2D eigenvalue weighted by Gasteiger charge is -2.37. The second kappa shape index (κ2) is 6.88. The van der Waals surface area contributed by atoms with Crippen LogP contribution in [0.2, 0.25) is 0 Å². The molecule has 152 valence electrons. The first-order chi connectivity index (χ1) is 13.2. The second-order valence-electron chi connectivity index (χ2n) is 7.54. The van der Waals surface area contributed by atoms with Crippen molar-refractivity contribution >= 4 is 26.6 Å². The van der Waals surface area contributed by atoms with E-state index in [4.69, 9.17) is 0 Å². The summed E-state index contributed by atoms with van der Waals surface area (Å²) in [6, 6.07) is 5.39. The van der Waals surface area contributed by atoms with E-state index in [9.17, 15) is 21.6 Å². The fraction of sp³-hybridized carbons (Fsp3) is 0.526. The highest BCUT2D eigenvalue weighted by molar-refractivity contribution is 7.90. The summed E-state index contributed by atoms with van der Waals surface area (Å²) in [4.78, 5) is 6.20. The zero-order chi connectivity index (χ0) is 20.1. The molecule has 2 fully saturated rings. The number of anilines is 1. The van der Waals surface area contributed by atoms with Crippen molar-refractivity contribution < 1.29 is 21.6 Å². The Morgan fingerprint density at radius 3 is 2.39 bits per heavy atom. The molecule has 1 aromatic carbocycles. The number of nitrogens with zero attached hydrogens (tertiary/aromatic N) is 3. The molecule has 1 saturated heterocycles. The van der Waals surface area contributed by atoms with Gasteiger partial charge in [0.2, 0.25) is 10.0 Å². The fourth-order valence-corrected chi connectivity index (χ4v) is 5.69. The summed E-state index contributed by atoms with van der Waals surface area (Å²) in [5.41, 5.74) is 0.433. The van der Waals surface area contributed by atoms with E-state index in [1.54, 1.807) is 13.1 Å². The Morgan fingerprint density at radius 2 is 1.79 bits per heavy atom. The van der Waals surface area contributed by atoms with Gasteiger partial charge in [0, 0.05) is 43.4 Å². The standard InChI is InChI=1S/C19H22F3N3O2S/c1-24(28(26,27)15-3-4-15)14-7-10-25(11-8-14)18-6-9-23-17-12-13(19(20,21)22)2-5-16(17)18/h2,5-6,9,12,14-15H,3-4,7-8,10-11H2,1H3. The van der Waals surface area contributed by atoms with Gasteiger partial charge in [-0.25, -0.2) is 12.7 Å². The number of benzene rings is 1. The van der Waals surface area contributed by atoms with Crippen LogP contribution in [0.15, 0.2) is 30.5 Å². The molecule has 1 aliphatic heterocycles. The Hall–Kier alpha value is -1.87. The molecule has 1 aliphatic carbocycles. The van der Waals surface area contributed by atoms with Gasteiger partial charge < -0.3 is 4.90 Å². The molecule has 0 radical (unpaired) electrons. The number of halogens is 3. The van der Waals surface area contributed by atoms with Crippen molar-refractivity contribution in [2.75, 3.05) is 25.0 Å². The average molecular weight is 413 g/mol. The van der Waals surface area contributed by atoms with Crippen LogP contribution < -0.4 is 4.90 Å². The zero-order valence-electron chi connectivity index (χ0n) is 15.5. The van der Waals surface area contributed by atoms with Gasteiger partial charge in [-0.3, -0.25) is 4.98 Å². The van der Waals surface area contributed by atoms with Crippen molar-refractivity contribution in [3.8, 4) is 0 Å². The zero-order valence-corrected chi connectivity index (χ0v) is 16.3. The maximum Gasteiger partial charge on any atom is 0.416 e. The molecule has 9 heteroatoms. The van der Waals surface area contributed by atoms with Crippen LogP contribution >= 0.6 is 0 Å². The van der Waals surface area contributed by atoms with Gasteiger partial charge in [-0.1, -0.05) is 6.07 Å². The molecular formula is C19H22F3N3O2S. The topological polar surface area (TPSA) is 53.5 Å². The number of alkyl halides is 3. The molecular weight excluding hydrogens is 391 g/mol. The van der Waals surface area contributed by atoms with Crippen molar-refractivity contribution in [1.82, 2.24) is 9.29 Å². The molecule has 0 bridgehead atoms. The van der Waals surface area contributed by atoms with Gasteiger partial charge in [0.05, 0.1) is 16.3 Å². The largest absolute Gasteiger partial charge is 0.416 e. The number of pyridine rings is 1. The van der Waals surface area contributed by atoms with Crippen molar-refractivity contribution in [3.63, 3.8) is 0 Å². The molecule has 2 heterocycles. The molecule has 0 amide bonds. The Kier molecular flexibility index (Phi) is 4.78. The first-order valence-corrected chi connectivity index (χ1v) is 10.9. The highest BCUT2D eigenvalue weighted by atomic mass is 32.2. The number of fused-ring (bicyclic) bond motifs is 1. The van der Waals surface area contributed by atoms with Crippen LogP contribution in [-0.2, 0) is 16.2 Å². The van der Waals surface area contributed by atoms with Gasteiger partial charge in [-0.05, 0) is 43.9 Å². The Balaban J connectivity index is 1.52. The van der Waals surface area contributed by atoms with Crippen LogP contribution in [0.4, 0.5) is 18.9 Å². The van der Waals surface area contributed by atoms with E-state index in [1.807, 2.05) is 0 Å². The minimum Gasteiger partial charge on any atom is -0.371 e. The first kappa shape index (κ1) is 19.4. The molecule has 1 aromatic heterocycles. The molecule has 1 saturated carbocycles. The number of hydrogen-bond acceptors (Lipinski definition) is 4. The minimum atomic E-state index is -4.40. The number of aromatic nitrogens is 1. The molecule has 0 N–H and O–H groups in total. The van der Waals surface area contributed by atoms with Gasteiger partial charge in [-0.15, -0.1) is 0 Å². The van der Waals surface area contributed by atoms with E-state index < -0.39 is 21.8 Å². The third-order valence-corrected chi connectivity index (χ3v) is 8.13. The van der Waals surface area contributed by atoms with E-state index in [-0.39, 0.29) is 11.3 Å². The summed E-state index contributed by atoms with van der Waals surface area (Å²) in [5, 5.41) is 0.454. The highest BCUT2D eigenvalue weighted by Gasteiger charge is 2.41. The van der Waals surface area contributed by atoms with Crippen LogP contribution in [0.3, 0.4) is 0 Å². The van der Waals surface area contributed by atoms with E-state index in [2.05, 4.69) is 9.88 Å². The molecule has 0 unspecified atom stereocenters. The van der Waals surface area contributed by atoms with Crippen molar-refractivity contribution in [3.05, 3.63) is 36.0 Å². The molecule has 5 nitrogen and oxygen atoms in total. The summed E-state index contributed by atoms with van der Waals surface area (Å²) in [6.45, 7) is 1.30. The van der Waals surface area contributed by atoms with Crippen LogP contribution in [0.25, 0.3) is 10.9 Å². The smallest absolute Gasteiger partial charge is 0.371 e. The molecule has 4 rings (SSSR count). The number of sulfonamides is 1. The van der Waals surface area contributed by atoms with Gasteiger partial charge in [0.1, 0.15) is 0 Å². The van der Waals surface area contributed by atoms with Gasteiger partial charge in [0.15, 0.2) is 0 Å². The normalized spacial score (nSPS) is 19.5. The number of rotatable bonds is 4. The summed E-state index contributed by atoms with van der Waals surface area (Å²) in [5.74, 6) is 0. The van der Waals surface area contributed by atoms with E-state index in [0.29, 0.717) is 36.8 Å². The molecule has 2 aliphatic rings. The second-order valence-corrected chi connectivity index (χ2v) is 9.81. The van der Waals surface area contributed by atoms with Gasteiger partial charge in [0.25, 0.3) is 0 Å². The van der Waals surface area contributed by atoms with E-state index >= 15 is 0 Å². The minimum absolute atomic E-state index is 0.0354. The van der Waals surface area contributed by atoms with Crippen LogP contribution in [0.5, 0.6) is 0 Å². The molecule has 0 atom stereocenters. The third kappa shape index (κ3) is 3.57. The Morgan fingerprint density at radius 1 is 1.11 bits per heavy atom. The summed E-state index contributed by atoms with van der Waals surface area (Å²) in [7, 11) is -1.54. The number of hydrogen-bond donors (Lipinski definition) is 0. The van der Waals surface area contributed by atoms with Crippen molar-refractivity contribution in [2.45, 2.75) is 43.2 Å². The molecule has 0 spiro atoms. The maximum atomic E-state index is 13.0. The molecule has 28 heavy (non-hydrogen) atoms. The average Bonchev–Trinajstić information content (AvgIpc) is 3.52. The van der Waals surface area contributed by atoms with Gasteiger partial charge >= 0.3 is 6.18 Å². The van der Waals surface area contributed by atoms with Gasteiger partial charge in [-0.2, -0.15) is 13.2 Å². The Bertz CT molecular complexity index is 982. The Labute approximate surface area is 162 Å². The predicted molar refractivity (Wildman–Crippen MR) is 102 cm³/mol. The van der Waals surface area contributed by atoms with Crippen molar-refractivity contribution in [1.29, 1.82) is 0 Å². The first-order valence-electron chi connectivity index (χ1n) is 9.35. The maximum absolute atomic E-state index is 13.0. The lowest BCUT2D eigenvalue weighted by molar-refractivity contribution is -0.137. The SMILES string of the molecule is CN(C1CCN(c2ccnc3cc(C(F)(F)F)ccc23)CC1)S(=O)(=O)C1CC1. The lowest BCUT2D eigenvalue weighted by atomic mass is 10.0.